The van der Waals surface area contributed by atoms with E-state index in [1.165, 1.54) is 10.9 Å². The van der Waals surface area contributed by atoms with Crippen LogP contribution in [0.3, 0.4) is 0 Å². The van der Waals surface area contributed by atoms with E-state index in [0.717, 1.165) is 34.8 Å². The number of alkyl halides is 1. The lowest BCUT2D eigenvalue weighted by molar-refractivity contribution is 0.169. The zero-order valence-corrected chi connectivity index (χ0v) is 14.4. The summed E-state index contributed by atoms with van der Waals surface area (Å²) in [7, 11) is 2.07. The van der Waals surface area contributed by atoms with Gasteiger partial charge in [0.1, 0.15) is 6.17 Å². The van der Waals surface area contributed by atoms with Crippen molar-refractivity contribution in [2.24, 2.45) is 0 Å². The van der Waals surface area contributed by atoms with E-state index in [9.17, 15) is 4.39 Å². The van der Waals surface area contributed by atoms with Gasteiger partial charge in [-0.1, -0.05) is 41.9 Å². The zero-order chi connectivity index (χ0) is 16.7. The molecule has 4 rings (SSSR count). The Morgan fingerprint density at radius 3 is 2.83 bits per heavy atom. The number of aromatic nitrogens is 1. The third-order valence-corrected chi connectivity index (χ3v) is 5.31. The molecule has 1 aromatic heterocycles. The Labute approximate surface area is 146 Å². The van der Waals surface area contributed by atoms with E-state index >= 15 is 0 Å². The van der Waals surface area contributed by atoms with Crippen LogP contribution in [0.15, 0.2) is 48.5 Å². The Kier molecular flexibility index (Phi) is 4.07. The molecule has 1 aliphatic rings. The van der Waals surface area contributed by atoms with Gasteiger partial charge in [-0.3, -0.25) is 4.90 Å². The number of likely N-dealkylation sites (N-methyl/N-ethyl adjacent to an activating group) is 1. The molecule has 3 aromatic rings. The van der Waals surface area contributed by atoms with E-state index in [4.69, 9.17) is 11.6 Å². The zero-order valence-electron chi connectivity index (χ0n) is 13.6. The summed E-state index contributed by atoms with van der Waals surface area (Å²) in [4.78, 5) is 5.76. The summed E-state index contributed by atoms with van der Waals surface area (Å²) < 4.78 is 14.8. The van der Waals surface area contributed by atoms with E-state index in [0.29, 0.717) is 6.42 Å². The molecule has 1 aliphatic heterocycles. The monoisotopic (exact) mass is 342 g/mol. The normalized spacial score (nSPS) is 19.4. The van der Waals surface area contributed by atoms with Gasteiger partial charge in [-0.25, -0.2) is 4.39 Å². The second kappa shape index (κ2) is 6.23. The third-order valence-electron chi connectivity index (χ3n) is 5.07. The minimum absolute atomic E-state index is 0.0510. The number of H-pyrrole nitrogens is 1. The predicted molar refractivity (Wildman–Crippen MR) is 97.3 cm³/mol. The third kappa shape index (κ3) is 2.72. The van der Waals surface area contributed by atoms with Crippen molar-refractivity contribution in [2.45, 2.75) is 25.1 Å². The predicted octanol–water partition coefficient (Wildman–Crippen LogP) is 5.45. The van der Waals surface area contributed by atoms with Crippen LogP contribution in [0.4, 0.5) is 4.39 Å². The van der Waals surface area contributed by atoms with Gasteiger partial charge in [0.2, 0.25) is 0 Å². The number of hydrogen-bond donors (Lipinski definition) is 1. The van der Waals surface area contributed by atoms with Gasteiger partial charge in [0.05, 0.1) is 6.04 Å². The standard InChI is InChI=1S/C20H20ClFN2/c1-24-10-9-15-16-11-14(21)7-8-18(16)23-20(15)19(24)12-17(22)13-5-3-2-4-6-13/h2-8,11,17,19,23H,9-10,12H2,1H3. The van der Waals surface area contributed by atoms with E-state index in [1.807, 2.05) is 48.5 Å². The van der Waals surface area contributed by atoms with Gasteiger partial charge in [-0.2, -0.15) is 0 Å². The van der Waals surface area contributed by atoms with Crippen LogP contribution in [0, 0.1) is 0 Å². The van der Waals surface area contributed by atoms with Crippen LogP contribution in [0.1, 0.15) is 35.5 Å². The Hall–Kier alpha value is -1.84. The smallest absolute Gasteiger partial charge is 0.127 e. The van der Waals surface area contributed by atoms with Crippen molar-refractivity contribution in [3.8, 4) is 0 Å². The van der Waals surface area contributed by atoms with Crippen LogP contribution in [0.25, 0.3) is 10.9 Å². The Balaban J connectivity index is 1.70. The van der Waals surface area contributed by atoms with Crippen LogP contribution in [0.5, 0.6) is 0 Å². The van der Waals surface area contributed by atoms with Gasteiger partial charge < -0.3 is 4.98 Å². The first-order chi connectivity index (χ1) is 11.6. The number of aromatic amines is 1. The van der Waals surface area contributed by atoms with E-state index < -0.39 is 6.17 Å². The maximum atomic E-state index is 14.8. The molecule has 1 N–H and O–H groups in total. The SMILES string of the molecule is CN1CCc2c([nH]c3ccc(Cl)cc23)C1CC(F)c1ccccc1. The fraction of sp³-hybridized carbons (Fsp3) is 0.300. The number of rotatable bonds is 3. The second-order valence-electron chi connectivity index (χ2n) is 6.57. The number of halogens is 2. The maximum Gasteiger partial charge on any atom is 0.127 e. The van der Waals surface area contributed by atoms with Crippen LogP contribution in [-0.4, -0.2) is 23.5 Å². The van der Waals surface area contributed by atoms with E-state index in [1.54, 1.807) is 0 Å². The highest BCUT2D eigenvalue weighted by Gasteiger charge is 2.30. The highest BCUT2D eigenvalue weighted by atomic mass is 35.5. The topological polar surface area (TPSA) is 19.0 Å². The summed E-state index contributed by atoms with van der Waals surface area (Å²) in [5, 5.41) is 1.91. The van der Waals surface area contributed by atoms with Gasteiger partial charge in [-0.05, 0) is 42.8 Å². The lowest BCUT2D eigenvalue weighted by atomic mass is 9.93. The molecule has 0 aliphatic carbocycles. The fourth-order valence-corrected chi connectivity index (χ4v) is 3.92. The highest BCUT2D eigenvalue weighted by Crippen LogP contribution is 2.39. The molecule has 0 spiro atoms. The number of hydrogen-bond acceptors (Lipinski definition) is 1. The first-order valence-electron chi connectivity index (χ1n) is 8.32. The Bertz CT molecular complexity index is 859. The van der Waals surface area contributed by atoms with Crippen LogP contribution < -0.4 is 0 Å². The average Bonchev–Trinajstić information content (AvgIpc) is 2.96. The molecule has 0 amide bonds. The largest absolute Gasteiger partial charge is 0.357 e. The summed E-state index contributed by atoms with van der Waals surface area (Å²) >= 11 is 6.16. The van der Waals surface area contributed by atoms with Crippen LogP contribution in [0.2, 0.25) is 5.02 Å². The molecule has 0 bridgehead atoms. The molecule has 2 atom stereocenters. The summed E-state index contributed by atoms with van der Waals surface area (Å²) in [6, 6.07) is 15.4. The molecule has 2 aromatic carbocycles. The maximum absolute atomic E-state index is 14.8. The Morgan fingerprint density at radius 1 is 1.25 bits per heavy atom. The molecule has 124 valence electrons. The molecular formula is C20H20ClFN2. The van der Waals surface area contributed by atoms with Crippen LogP contribution in [-0.2, 0) is 6.42 Å². The van der Waals surface area contributed by atoms with E-state index in [2.05, 4.69) is 16.9 Å². The number of nitrogens with zero attached hydrogens (tertiary/aromatic N) is 1. The fourth-order valence-electron chi connectivity index (χ4n) is 3.75. The first kappa shape index (κ1) is 15.7. The molecule has 4 heteroatoms. The molecule has 2 heterocycles. The van der Waals surface area contributed by atoms with Crippen molar-refractivity contribution in [1.82, 2.24) is 9.88 Å². The lowest BCUT2D eigenvalue weighted by Gasteiger charge is -2.33. The van der Waals surface area contributed by atoms with Gasteiger partial charge in [0.15, 0.2) is 0 Å². The molecule has 0 radical (unpaired) electrons. The van der Waals surface area contributed by atoms with Gasteiger partial charge in [-0.15, -0.1) is 0 Å². The van der Waals surface area contributed by atoms with Crippen molar-refractivity contribution in [3.05, 3.63) is 70.4 Å². The van der Waals surface area contributed by atoms with Gasteiger partial charge >= 0.3 is 0 Å². The molecule has 24 heavy (non-hydrogen) atoms. The average molecular weight is 343 g/mol. The Morgan fingerprint density at radius 2 is 2.04 bits per heavy atom. The minimum atomic E-state index is -0.973. The van der Waals surface area contributed by atoms with Crippen molar-refractivity contribution in [3.63, 3.8) is 0 Å². The van der Waals surface area contributed by atoms with Crippen molar-refractivity contribution >= 4 is 22.5 Å². The molecule has 2 unspecified atom stereocenters. The quantitative estimate of drug-likeness (QED) is 0.670. The molecule has 0 saturated heterocycles. The lowest BCUT2D eigenvalue weighted by Crippen LogP contribution is -2.32. The van der Waals surface area contributed by atoms with Gasteiger partial charge in [0.25, 0.3) is 0 Å². The molecular weight excluding hydrogens is 323 g/mol. The summed E-state index contributed by atoms with van der Waals surface area (Å²) in [5.74, 6) is 0. The first-order valence-corrected chi connectivity index (χ1v) is 8.70. The summed E-state index contributed by atoms with van der Waals surface area (Å²) in [5.41, 5.74) is 4.26. The number of nitrogens with one attached hydrogen (secondary N) is 1. The molecule has 0 saturated carbocycles. The van der Waals surface area contributed by atoms with Crippen LogP contribution >= 0.6 is 11.6 Å². The summed E-state index contributed by atoms with van der Waals surface area (Å²) in [6.07, 6.45) is 0.443. The van der Waals surface area contributed by atoms with Crippen molar-refractivity contribution in [2.75, 3.05) is 13.6 Å². The van der Waals surface area contributed by atoms with E-state index in [-0.39, 0.29) is 6.04 Å². The second-order valence-corrected chi connectivity index (χ2v) is 7.00. The number of benzene rings is 2. The molecule has 0 fully saturated rings. The van der Waals surface area contributed by atoms with Crippen molar-refractivity contribution in [1.29, 1.82) is 0 Å². The highest BCUT2D eigenvalue weighted by molar-refractivity contribution is 6.31. The summed E-state index contributed by atoms with van der Waals surface area (Å²) in [6.45, 7) is 0.929. The molecule has 2 nitrogen and oxygen atoms in total. The number of fused-ring (bicyclic) bond motifs is 3. The van der Waals surface area contributed by atoms with Gasteiger partial charge in [0, 0.05) is 34.6 Å². The minimum Gasteiger partial charge on any atom is -0.357 e. The van der Waals surface area contributed by atoms with Crippen molar-refractivity contribution < 1.29 is 4.39 Å².